The Bertz CT molecular complexity index is 579. The second kappa shape index (κ2) is 4.32. The van der Waals surface area contributed by atoms with Gasteiger partial charge in [0.05, 0.1) is 0 Å². The fraction of sp³-hybridized carbons (Fsp3) is 0.167. The van der Waals surface area contributed by atoms with Gasteiger partial charge in [0.25, 0.3) is 29.0 Å². The van der Waals surface area contributed by atoms with E-state index < -0.39 is 29.0 Å². The Balaban J connectivity index is 0.00000133. The largest absolute Gasteiger partial charge is 0.285 e. The summed E-state index contributed by atoms with van der Waals surface area (Å²) in [7, 11) is 1.24. The van der Waals surface area contributed by atoms with E-state index in [4.69, 9.17) is 0 Å². The minimum Gasteiger partial charge on any atom is -0.282 e. The predicted octanol–water partition coefficient (Wildman–Crippen LogP) is -0.658. The van der Waals surface area contributed by atoms with E-state index in [1.165, 1.54) is 19.2 Å². The first-order valence-corrected chi connectivity index (χ1v) is 5.21. The standard InChI is InChI=1S/C12H7N2O4.Y/c1-13-8(15)12(9(13)16)10(17)14(11(12)18)7-5-3-2-4-6-7;/h2-5H,1H3;/q-1;. The normalized spacial score (nSPS) is 20.1. The van der Waals surface area contributed by atoms with Gasteiger partial charge in [-0.3, -0.25) is 29.0 Å². The molecule has 0 saturated carbocycles. The molecule has 1 spiro atoms. The zero-order valence-corrected chi connectivity index (χ0v) is 12.8. The summed E-state index contributed by atoms with van der Waals surface area (Å²) in [5.74, 6) is -3.09. The second-order valence-electron chi connectivity index (χ2n) is 4.11. The number of para-hydroxylation sites is 1. The molecule has 2 aliphatic heterocycles. The van der Waals surface area contributed by atoms with Crippen molar-refractivity contribution in [1.29, 1.82) is 0 Å². The van der Waals surface area contributed by atoms with E-state index in [0.29, 0.717) is 0 Å². The number of hydrogen-bond acceptors (Lipinski definition) is 4. The van der Waals surface area contributed by atoms with Crippen molar-refractivity contribution in [3.8, 4) is 0 Å². The Morgan fingerprint density at radius 3 is 2.05 bits per heavy atom. The smallest absolute Gasteiger partial charge is 0.282 e. The number of carbonyl (C=O) groups excluding carboxylic acids is 4. The molecule has 0 unspecified atom stereocenters. The Kier molecular flexibility index (Phi) is 3.19. The van der Waals surface area contributed by atoms with Gasteiger partial charge in [0, 0.05) is 39.8 Å². The number of nitrogens with zero attached hydrogens (tertiary/aromatic N) is 2. The van der Waals surface area contributed by atoms with Crippen molar-refractivity contribution in [3.05, 3.63) is 30.3 Å². The number of carbonyl (C=O) groups is 4. The molecule has 2 heterocycles. The molecule has 3 rings (SSSR count). The van der Waals surface area contributed by atoms with Gasteiger partial charge in [-0.1, -0.05) is 5.69 Å². The van der Waals surface area contributed by atoms with E-state index >= 15 is 0 Å². The molecule has 93 valence electrons. The molecule has 0 N–H and O–H groups in total. The first-order valence-electron chi connectivity index (χ1n) is 5.21. The molecular formula is C12H7N2O4Y-. The maximum absolute atomic E-state index is 12.0. The molecule has 0 aliphatic carbocycles. The third kappa shape index (κ3) is 1.38. The molecule has 4 amide bonds. The van der Waals surface area contributed by atoms with E-state index in [2.05, 4.69) is 6.07 Å². The average molecular weight is 332 g/mol. The van der Waals surface area contributed by atoms with Gasteiger partial charge in [-0.15, -0.1) is 6.07 Å². The summed E-state index contributed by atoms with van der Waals surface area (Å²) < 4.78 is 0. The number of likely N-dealkylation sites (tertiary alicyclic amines) is 1. The van der Waals surface area contributed by atoms with Crippen molar-refractivity contribution in [3.63, 3.8) is 0 Å². The molecule has 6 nitrogen and oxygen atoms in total. The van der Waals surface area contributed by atoms with Crippen LogP contribution in [0.2, 0.25) is 0 Å². The second-order valence-corrected chi connectivity index (χ2v) is 4.11. The van der Waals surface area contributed by atoms with E-state index in [-0.39, 0.29) is 38.4 Å². The molecule has 2 aliphatic rings. The molecule has 0 aromatic heterocycles. The third-order valence-corrected chi connectivity index (χ3v) is 3.23. The van der Waals surface area contributed by atoms with Crippen molar-refractivity contribution in [1.82, 2.24) is 4.90 Å². The quantitative estimate of drug-likeness (QED) is 0.389. The van der Waals surface area contributed by atoms with Crippen molar-refractivity contribution in [2.45, 2.75) is 0 Å². The van der Waals surface area contributed by atoms with Gasteiger partial charge in [0.15, 0.2) is 0 Å². The van der Waals surface area contributed by atoms with E-state index in [9.17, 15) is 19.2 Å². The van der Waals surface area contributed by atoms with E-state index in [0.717, 1.165) is 9.80 Å². The van der Waals surface area contributed by atoms with Crippen LogP contribution < -0.4 is 4.90 Å². The molecule has 1 aromatic carbocycles. The number of β-lactam (4-membered cyclic amide) rings is 4. The Labute approximate surface area is 133 Å². The number of imide groups is 2. The van der Waals surface area contributed by atoms with Crippen LogP contribution in [-0.4, -0.2) is 35.6 Å². The molecular weight excluding hydrogens is 325 g/mol. The number of amides is 4. The minimum absolute atomic E-state index is 0. The summed E-state index contributed by atoms with van der Waals surface area (Å²) in [5, 5.41) is 0. The summed E-state index contributed by atoms with van der Waals surface area (Å²) in [6.45, 7) is 0. The van der Waals surface area contributed by atoms with Gasteiger partial charge in [0.1, 0.15) is 0 Å². The van der Waals surface area contributed by atoms with Crippen molar-refractivity contribution < 1.29 is 51.9 Å². The maximum atomic E-state index is 12.0. The number of hydrogen-bond donors (Lipinski definition) is 0. The Morgan fingerprint density at radius 2 is 1.58 bits per heavy atom. The molecule has 1 radical (unpaired) electrons. The van der Waals surface area contributed by atoms with Gasteiger partial charge in [-0.2, -0.15) is 24.3 Å². The fourth-order valence-electron chi connectivity index (χ4n) is 2.21. The van der Waals surface area contributed by atoms with Gasteiger partial charge < -0.3 is 0 Å². The van der Waals surface area contributed by atoms with Gasteiger partial charge >= 0.3 is 0 Å². The van der Waals surface area contributed by atoms with Gasteiger partial charge in [-0.25, -0.2) is 0 Å². The van der Waals surface area contributed by atoms with Crippen LogP contribution in [0.25, 0.3) is 0 Å². The molecule has 0 atom stereocenters. The Hall–Kier alpha value is -1.40. The van der Waals surface area contributed by atoms with Crippen LogP contribution in [0, 0.1) is 11.5 Å². The summed E-state index contributed by atoms with van der Waals surface area (Å²) in [6.07, 6.45) is 0. The molecule has 19 heavy (non-hydrogen) atoms. The molecule has 1 aromatic rings. The molecule has 2 fully saturated rings. The SMILES string of the molecule is CN1C(=O)C2(C1=O)C(=O)N(c1[c-]cccc1)C2=O.[Y]. The predicted molar refractivity (Wildman–Crippen MR) is 58.0 cm³/mol. The number of anilines is 1. The van der Waals surface area contributed by atoms with Crippen LogP contribution in [0.4, 0.5) is 5.69 Å². The topological polar surface area (TPSA) is 74.8 Å². The first-order chi connectivity index (χ1) is 8.52. The molecule has 2 saturated heterocycles. The van der Waals surface area contributed by atoms with Crippen LogP contribution >= 0.6 is 0 Å². The maximum Gasteiger partial charge on any atom is 0.285 e. The Morgan fingerprint density at radius 1 is 1.00 bits per heavy atom. The number of benzene rings is 1. The van der Waals surface area contributed by atoms with Gasteiger partial charge in [0.2, 0.25) is 0 Å². The zero-order chi connectivity index (χ0) is 13.1. The molecule has 0 bridgehead atoms. The zero-order valence-electron chi connectivity index (χ0n) is 9.91. The first kappa shape index (κ1) is 14.0. The summed E-state index contributed by atoms with van der Waals surface area (Å²) in [6, 6.07) is 9.07. The average Bonchev–Trinajstić information content (AvgIpc) is 2.40. The van der Waals surface area contributed by atoms with Gasteiger partial charge in [-0.05, 0) is 0 Å². The number of rotatable bonds is 1. The third-order valence-electron chi connectivity index (χ3n) is 3.23. The monoisotopic (exact) mass is 332 g/mol. The summed E-state index contributed by atoms with van der Waals surface area (Å²) in [5.41, 5.74) is -1.86. The summed E-state index contributed by atoms with van der Waals surface area (Å²) >= 11 is 0. The van der Waals surface area contributed by atoms with E-state index in [1.807, 2.05) is 0 Å². The van der Waals surface area contributed by atoms with Crippen molar-refractivity contribution >= 4 is 29.3 Å². The van der Waals surface area contributed by atoms with Crippen LogP contribution in [-0.2, 0) is 51.9 Å². The summed E-state index contributed by atoms with van der Waals surface area (Å²) in [4.78, 5) is 48.7. The van der Waals surface area contributed by atoms with Crippen LogP contribution in [0.5, 0.6) is 0 Å². The van der Waals surface area contributed by atoms with Crippen LogP contribution in [0.1, 0.15) is 0 Å². The fourth-order valence-corrected chi connectivity index (χ4v) is 2.21. The van der Waals surface area contributed by atoms with Crippen molar-refractivity contribution in [2.75, 3.05) is 11.9 Å². The van der Waals surface area contributed by atoms with E-state index in [1.54, 1.807) is 12.1 Å². The van der Waals surface area contributed by atoms with Crippen LogP contribution in [0.3, 0.4) is 0 Å². The van der Waals surface area contributed by atoms with Crippen molar-refractivity contribution in [2.24, 2.45) is 5.41 Å². The minimum atomic E-state index is -2.10. The van der Waals surface area contributed by atoms with Crippen LogP contribution in [0.15, 0.2) is 24.3 Å². The molecule has 7 heteroatoms.